The maximum atomic E-state index is 15.2. The van der Waals surface area contributed by atoms with Gasteiger partial charge in [-0.2, -0.15) is 18.3 Å². The number of anilines is 1. The van der Waals surface area contributed by atoms with Gasteiger partial charge >= 0.3 is 6.18 Å². The summed E-state index contributed by atoms with van der Waals surface area (Å²) in [6.45, 7) is 2.01. The highest BCUT2D eigenvalue weighted by atomic mass is 32.1. The molecule has 0 saturated carbocycles. The maximum absolute atomic E-state index is 15.2. The number of aromatic nitrogens is 4. The zero-order valence-corrected chi connectivity index (χ0v) is 25.5. The van der Waals surface area contributed by atoms with Crippen LogP contribution in [0, 0.1) is 5.82 Å². The van der Waals surface area contributed by atoms with E-state index in [-0.39, 0.29) is 17.1 Å². The topological polar surface area (TPSA) is 103 Å². The lowest BCUT2D eigenvalue weighted by molar-refractivity contribution is -0.143. The number of alkyl halides is 3. The summed E-state index contributed by atoms with van der Waals surface area (Å²) < 4.78 is 69.5. The Bertz CT molecular complexity index is 2010. The van der Waals surface area contributed by atoms with Gasteiger partial charge in [0.1, 0.15) is 17.3 Å². The van der Waals surface area contributed by atoms with Crippen LogP contribution < -0.4 is 15.4 Å². The Morgan fingerprint density at radius 1 is 1.00 bits per heavy atom. The summed E-state index contributed by atoms with van der Waals surface area (Å²) in [5.74, 6) is -1.54. The van der Waals surface area contributed by atoms with Gasteiger partial charge in [0.15, 0.2) is 5.69 Å². The van der Waals surface area contributed by atoms with E-state index in [4.69, 9.17) is 9.47 Å². The van der Waals surface area contributed by atoms with Crippen LogP contribution in [0.4, 0.5) is 23.2 Å². The molecule has 47 heavy (non-hydrogen) atoms. The van der Waals surface area contributed by atoms with E-state index in [2.05, 4.69) is 25.7 Å². The number of carbonyl (C=O) groups excluding carboxylic acids is 1. The van der Waals surface area contributed by atoms with E-state index >= 15 is 4.39 Å². The minimum absolute atomic E-state index is 0.110. The molecule has 2 aromatic carbocycles. The number of amides is 1. The first kappa shape index (κ1) is 31.8. The Balaban J connectivity index is 1.18. The highest BCUT2D eigenvalue weighted by Crippen LogP contribution is 2.39. The number of pyridine rings is 2. The van der Waals surface area contributed by atoms with E-state index in [0.717, 1.165) is 34.9 Å². The Hall–Kier alpha value is -5.18. The summed E-state index contributed by atoms with van der Waals surface area (Å²) in [4.78, 5) is 22.8. The third-order valence-electron chi connectivity index (χ3n) is 6.96. The lowest BCUT2D eigenvalue weighted by Crippen LogP contribution is -2.21. The lowest BCUT2D eigenvalue weighted by atomic mass is 10.2. The Labute approximate surface area is 269 Å². The molecule has 2 N–H and O–H groups in total. The Morgan fingerprint density at radius 2 is 1.83 bits per heavy atom. The van der Waals surface area contributed by atoms with Crippen molar-refractivity contribution in [1.29, 1.82) is 0 Å². The molecule has 0 saturated heterocycles. The van der Waals surface area contributed by atoms with E-state index in [1.165, 1.54) is 35.6 Å². The van der Waals surface area contributed by atoms with Crippen molar-refractivity contribution < 1.29 is 31.8 Å². The average Bonchev–Trinajstić information content (AvgIpc) is 3.72. The normalized spacial score (nSPS) is 11.6. The van der Waals surface area contributed by atoms with E-state index in [1.807, 2.05) is 18.2 Å². The van der Waals surface area contributed by atoms with Gasteiger partial charge in [0.2, 0.25) is 0 Å². The van der Waals surface area contributed by atoms with Crippen molar-refractivity contribution in [3.05, 3.63) is 114 Å². The fourth-order valence-electron chi connectivity index (χ4n) is 4.73. The van der Waals surface area contributed by atoms with Gasteiger partial charge in [-0.05, 0) is 42.0 Å². The van der Waals surface area contributed by atoms with Gasteiger partial charge in [0.25, 0.3) is 5.91 Å². The molecule has 4 aromatic heterocycles. The van der Waals surface area contributed by atoms with Crippen LogP contribution in [0.3, 0.4) is 0 Å². The predicted molar refractivity (Wildman–Crippen MR) is 169 cm³/mol. The molecular formula is C33H26F4N6O3S. The van der Waals surface area contributed by atoms with Crippen molar-refractivity contribution in [3.8, 4) is 27.8 Å². The van der Waals surface area contributed by atoms with Crippen LogP contribution in [0.5, 0.6) is 11.5 Å². The SMILES string of the molecule is COCCNCc1ccc(-c2cc3nccc(Oc4ccc(NC(=O)c5cnn(-c6ccccc6)c5C(F)(F)F)c(F)c4)c3s2)nc1. The second-order valence-corrected chi connectivity index (χ2v) is 11.3. The maximum Gasteiger partial charge on any atom is 0.434 e. The van der Waals surface area contributed by atoms with Crippen molar-refractivity contribution in [2.75, 3.05) is 25.6 Å². The summed E-state index contributed by atoms with van der Waals surface area (Å²) in [5, 5.41) is 9.26. The standard InChI is InChI=1S/C33H26F4N6O3S/c1-45-14-13-38-17-20-7-9-26(40-18-20)29-16-27-30(47-29)28(11-12-39-27)46-22-8-10-25(24(34)15-22)42-32(44)23-19-41-43(31(23)33(35,36)37)21-5-3-2-4-6-21/h2-12,15-16,18-19,38H,13-14,17H2,1H3,(H,42,44). The first-order valence-corrected chi connectivity index (χ1v) is 15.1. The number of halogens is 4. The minimum atomic E-state index is -4.91. The molecule has 4 heterocycles. The number of hydrogen-bond donors (Lipinski definition) is 2. The van der Waals surface area contributed by atoms with Gasteiger partial charge < -0.3 is 20.1 Å². The van der Waals surface area contributed by atoms with E-state index in [0.29, 0.717) is 33.8 Å². The molecule has 9 nitrogen and oxygen atoms in total. The summed E-state index contributed by atoms with van der Waals surface area (Å²) in [6.07, 6.45) is -0.744. The third-order valence-corrected chi connectivity index (χ3v) is 8.13. The van der Waals surface area contributed by atoms with Crippen LogP contribution in [0.25, 0.3) is 26.5 Å². The van der Waals surface area contributed by atoms with Gasteiger partial charge in [-0.15, -0.1) is 11.3 Å². The zero-order valence-electron chi connectivity index (χ0n) is 24.7. The number of ether oxygens (including phenoxy) is 2. The Morgan fingerprint density at radius 3 is 2.55 bits per heavy atom. The largest absolute Gasteiger partial charge is 0.456 e. The van der Waals surface area contributed by atoms with E-state index in [9.17, 15) is 18.0 Å². The molecule has 0 atom stereocenters. The third kappa shape index (κ3) is 7.14. The number of methoxy groups -OCH3 is 1. The summed E-state index contributed by atoms with van der Waals surface area (Å²) in [7, 11) is 1.65. The van der Waals surface area contributed by atoms with Crippen molar-refractivity contribution in [3.63, 3.8) is 0 Å². The van der Waals surface area contributed by atoms with Gasteiger partial charge in [-0.3, -0.25) is 14.8 Å². The van der Waals surface area contributed by atoms with Crippen LogP contribution in [0.1, 0.15) is 21.6 Å². The molecule has 0 radical (unpaired) electrons. The fourth-order valence-corrected chi connectivity index (χ4v) is 5.78. The second kappa shape index (κ2) is 13.7. The highest BCUT2D eigenvalue weighted by molar-refractivity contribution is 7.22. The van der Waals surface area contributed by atoms with Crippen LogP contribution in [0.15, 0.2) is 91.4 Å². The smallest absolute Gasteiger partial charge is 0.434 e. The number of carbonyl (C=O) groups is 1. The fraction of sp³-hybridized carbons (Fsp3) is 0.152. The summed E-state index contributed by atoms with van der Waals surface area (Å²) >= 11 is 1.41. The molecule has 0 spiro atoms. The molecular weight excluding hydrogens is 636 g/mol. The Kier molecular flexibility index (Phi) is 9.24. The number of fused-ring (bicyclic) bond motifs is 1. The molecule has 6 rings (SSSR count). The van der Waals surface area contributed by atoms with Crippen LogP contribution in [-0.4, -0.2) is 45.9 Å². The number of hydrogen-bond acceptors (Lipinski definition) is 8. The number of rotatable bonds is 11. The molecule has 14 heteroatoms. The number of benzene rings is 2. The van der Waals surface area contributed by atoms with Gasteiger partial charge in [0, 0.05) is 44.7 Å². The number of nitrogens with one attached hydrogen (secondary N) is 2. The number of thiophene rings is 1. The quantitative estimate of drug-likeness (QED) is 0.110. The first-order chi connectivity index (χ1) is 22.7. The average molecular weight is 663 g/mol. The van der Waals surface area contributed by atoms with Crippen molar-refractivity contribution in [1.82, 2.24) is 25.1 Å². The van der Waals surface area contributed by atoms with Crippen molar-refractivity contribution in [2.45, 2.75) is 12.7 Å². The van der Waals surface area contributed by atoms with Crippen LogP contribution in [0.2, 0.25) is 0 Å². The van der Waals surface area contributed by atoms with Gasteiger partial charge in [-0.25, -0.2) is 9.07 Å². The molecule has 0 fully saturated rings. The van der Waals surface area contributed by atoms with Crippen LogP contribution >= 0.6 is 11.3 Å². The summed E-state index contributed by atoms with van der Waals surface area (Å²) in [5.41, 5.74) is 0.203. The van der Waals surface area contributed by atoms with Crippen molar-refractivity contribution in [2.24, 2.45) is 0 Å². The molecule has 240 valence electrons. The number of para-hydroxylation sites is 1. The lowest BCUT2D eigenvalue weighted by Gasteiger charge is -2.13. The molecule has 1 amide bonds. The predicted octanol–water partition coefficient (Wildman–Crippen LogP) is 7.48. The molecule has 0 aliphatic rings. The first-order valence-electron chi connectivity index (χ1n) is 14.2. The molecule has 0 bridgehead atoms. The number of nitrogens with zero attached hydrogens (tertiary/aromatic N) is 4. The van der Waals surface area contributed by atoms with Gasteiger partial charge in [0.05, 0.1) is 50.5 Å². The monoisotopic (exact) mass is 662 g/mol. The molecule has 0 unspecified atom stereocenters. The van der Waals surface area contributed by atoms with E-state index in [1.54, 1.807) is 43.8 Å². The molecule has 6 aromatic rings. The van der Waals surface area contributed by atoms with E-state index < -0.39 is 29.2 Å². The minimum Gasteiger partial charge on any atom is -0.456 e. The molecule has 0 aliphatic carbocycles. The summed E-state index contributed by atoms with van der Waals surface area (Å²) in [6, 6.07) is 18.7. The zero-order chi connectivity index (χ0) is 33.0. The highest BCUT2D eigenvalue weighted by Gasteiger charge is 2.40. The van der Waals surface area contributed by atoms with Crippen LogP contribution in [-0.2, 0) is 17.5 Å². The second-order valence-electron chi connectivity index (χ2n) is 10.2. The van der Waals surface area contributed by atoms with Crippen molar-refractivity contribution >= 4 is 33.1 Å². The van der Waals surface area contributed by atoms with Gasteiger partial charge in [-0.1, -0.05) is 24.3 Å². The molecule has 0 aliphatic heterocycles.